The Morgan fingerprint density at radius 2 is 1.82 bits per heavy atom. The van der Waals surface area contributed by atoms with E-state index in [1.54, 1.807) is 12.4 Å². The molecular weight excluding hydrogens is 370 g/mol. The van der Waals surface area contributed by atoms with E-state index in [9.17, 15) is 4.79 Å². The summed E-state index contributed by atoms with van der Waals surface area (Å²) in [4.78, 5) is 16.7. The Morgan fingerprint density at radius 1 is 1.11 bits per heavy atom. The molecule has 7 heteroatoms. The Morgan fingerprint density at radius 3 is 2.54 bits per heavy atom. The fourth-order valence-corrected chi connectivity index (χ4v) is 4.32. The van der Waals surface area contributed by atoms with E-state index in [4.69, 9.17) is 0 Å². The third-order valence-electron chi connectivity index (χ3n) is 4.94. The zero-order chi connectivity index (χ0) is 19.3. The van der Waals surface area contributed by atoms with Crippen LogP contribution in [0.4, 0.5) is 0 Å². The van der Waals surface area contributed by atoms with Gasteiger partial charge in [-0.1, -0.05) is 42.8 Å². The summed E-state index contributed by atoms with van der Waals surface area (Å²) in [6.45, 7) is 1.92. The predicted molar refractivity (Wildman–Crippen MR) is 110 cm³/mol. The Labute approximate surface area is 168 Å². The van der Waals surface area contributed by atoms with Gasteiger partial charge in [0.05, 0.1) is 5.25 Å². The van der Waals surface area contributed by atoms with E-state index < -0.39 is 0 Å². The number of para-hydroxylation sites is 1. The lowest BCUT2D eigenvalue weighted by Crippen LogP contribution is -2.37. The number of thioether (sulfide) groups is 1. The van der Waals surface area contributed by atoms with Crippen molar-refractivity contribution in [1.29, 1.82) is 0 Å². The minimum atomic E-state index is -0.252. The second kappa shape index (κ2) is 8.56. The van der Waals surface area contributed by atoms with Crippen LogP contribution >= 0.6 is 11.8 Å². The van der Waals surface area contributed by atoms with Crippen molar-refractivity contribution >= 4 is 17.7 Å². The van der Waals surface area contributed by atoms with Crippen molar-refractivity contribution in [1.82, 2.24) is 25.1 Å². The molecule has 1 aliphatic carbocycles. The summed E-state index contributed by atoms with van der Waals surface area (Å²) >= 11 is 1.43. The summed E-state index contributed by atoms with van der Waals surface area (Å²) in [5.41, 5.74) is 1.89. The molecule has 0 saturated heterocycles. The highest BCUT2D eigenvalue weighted by molar-refractivity contribution is 8.00. The van der Waals surface area contributed by atoms with E-state index in [1.807, 2.05) is 54.0 Å². The van der Waals surface area contributed by atoms with Crippen LogP contribution in [-0.4, -0.2) is 36.9 Å². The molecule has 1 saturated carbocycles. The Kier molecular flexibility index (Phi) is 5.71. The zero-order valence-corrected chi connectivity index (χ0v) is 16.6. The largest absolute Gasteiger partial charge is 0.352 e. The molecule has 0 bridgehead atoms. The first-order chi connectivity index (χ1) is 13.7. The lowest BCUT2D eigenvalue weighted by atomic mass is 10.2. The molecule has 4 rings (SSSR count). The summed E-state index contributed by atoms with van der Waals surface area (Å²) in [6.07, 6.45) is 8.03. The van der Waals surface area contributed by atoms with Crippen LogP contribution in [-0.2, 0) is 4.79 Å². The molecule has 1 amide bonds. The first-order valence-electron chi connectivity index (χ1n) is 9.60. The smallest absolute Gasteiger partial charge is 0.233 e. The molecule has 2 heterocycles. The average Bonchev–Trinajstić information content (AvgIpc) is 3.39. The zero-order valence-electron chi connectivity index (χ0n) is 15.8. The molecule has 0 radical (unpaired) electrons. The lowest BCUT2D eigenvalue weighted by Gasteiger charge is -2.17. The van der Waals surface area contributed by atoms with Crippen molar-refractivity contribution in [2.75, 3.05) is 0 Å². The molecule has 144 valence electrons. The summed E-state index contributed by atoms with van der Waals surface area (Å²) in [5, 5.41) is 12.4. The molecule has 1 N–H and O–H groups in total. The standard InChI is InChI=1S/C21H23N5OS/c1-15(20(27)23-17-7-5-6-8-17)28-21-25-24-19(16-11-13-22-14-12-16)26(21)18-9-3-2-4-10-18/h2-4,9-15,17H,5-8H2,1H3,(H,23,27). The number of amides is 1. The van der Waals surface area contributed by atoms with Crippen molar-refractivity contribution in [2.45, 2.75) is 49.1 Å². The van der Waals surface area contributed by atoms with Gasteiger partial charge in [0.1, 0.15) is 0 Å². The SMILES string of the molecule is CC(Sc1nnc(-c2ccncc2)n1-c1ccccc1)C(=O)NC1CCCC1. The quantitative estimate of drug-likeness (QED) is 0.644. The first-order valence-corrected chi connectivity index (χ1v) is 10.5. The van der Waals surface area contributed by atoms with Crippen molar-refractivity contribution in [3.8, 4) is 17.1 Å². The number of carbonyl (C=O) groups is 1. The fourth-order valence-electron chi connectivity index (χ4n) is 3.44. The lowest BCUT2D eigenvalue weighted by molar-refractivity contribution is -0.120. The predicted octanol–water partition coefficient (Wildman–Crippen LogP) is 3.87. The molecule has 2 aromatic heterocycles. The van der Waals surface area contributed by atoms with E-state index in [0.29, 0.717) is 11.2 Å². The van der Waals surface area contributed by atoms with Gasteiger partial charge in [0.15, 0.2) is 11.0 Å². The van der Waals surface area contributed by atoms with Crippen LogP contribution in [0.3, 0.4) is 0 Å². The van der Waals surface area contributed by atoms with Crippen molar-refractivity contribution in [2.24, 2.45) is 0 Å². The highest BCUT2D eigenvalue weighted by atomic mass is 32.2. The minimum absolute atomic E-state index is 0.0602. The molecule has 6 nitrogen and oxygen atoms in total. The van der Waals surface area contributed by atoms with Crippen LogP contribution in [0.2, 0.25) is 0 Å². The fraction of sp³-hybridized carbons (Fsp3) is 0.333. The third kappa shape index (κ3) is 4.09. The highest BCUT2D eigenvalue weighted by Gasteiger charge is 2.24. The number of benzene rings is 1. The summed E-state index contributed by atoms with van der Waals surface area (Å²) in [6, 6.07) is 14.1. The molecule has 28 heavy (non-hydrogen) atoms. The number of nitrogens with one attached hydrogen (secondary N) is 1. The maximum absolute atomic E-state index is 12.6. The van der Waals surface area contributed by atoms with Crippen molar-refractivity contribution in [3.63, 3.8) is 0 Å². The Hall–Kier alpha value is -2.67. The van der Waals surface area contributed by atoms with Gasteiger partial charge in [-0.3, -0.25) is 14.3 Å². The molecule has 1 fully saturated rings. The van der Waals surface area contributed by atoms with Crippen LogP contribution in [0.5, 0.6) is 0 Å². The number of pyridine rings is 1. The van der Waals surface area contributed by atoms with Crippen LogP contribution in [0.1, 0.15) is 32.6 Å². The molecule has 0 aliphatic heterocycles. The number of carbonyl (C=O) groups excluding carboxylic acids is 1. The Bertz CT molecular complexity index is 922. The van der Waals surface area contributed by atoms with E-state index in [-0.39, 0.29) is 11.2 Å². The third-order valence-corrected chi connectivity index (χ3v) is 5.98. The van der Waals surface area contributed by atoms with E-state index in [2.05, 4.69) is 20.5 Å². The monoisotopic (exact) mass is 393 g/mol. The molecule has 3 aromatic rings. The molecule has 1 atom stereocenters. The summed E-state index contributed by atoms with van der Waals surface area (Å²) in [5.74, 6) is 0.796. The highest BCUT2D eigenvalue weighted by Crippen LogP contribution is 2.30. The second-order valence-corrected chi connectivity index (χ2v) is 8.27. The van der Waals surface area contributed by atoms with Gasteiger partial charge in [0, 0.05) is 29.7 Å². The van der Waals surface area contributed by atoms with Gasteiger partial charge in [0.2, 0.25) is 5.91 Å². The van der Waals surface area contributed by atoms with Crippen molar-refractivity contribution < 1.29 is 4.79 Å². The minimum Gasteiger partial charge on any atom is -0.352 e. The number of hydrogen-bond donors (Lipinski definition) is 1. The molecule has 0 spiro atoms. The second-order valence-electron chi connectivity index (χ2n) is 6.96. The van der Waals surface area contributed by atoms with Gasteiger partial charge in [0.25, 0.3) is 0 Å². The van der Waals surface area contributed by atoms with Gasteiger partial charge in [-0.2, -0.15) is 0 Å². The molecule has 1 aromatic carbocycles. The number of aromatic nitrogens is 4. The van der Waals surface area contributed by atoms with Crippen LogP contribution in [0.15, 0.2) is 60.0 Å². The van der Waals surface area contributed by atoms with Gasteiger partial charge in [-0.25, -0.2) is 0 Å². The van der Waals surface area contributed by atoms with E-state index >= 15 is 0 Å². The molecule has 1 aliphatic rings. The topological polar surface area (TPSA) is 72.7 Å². The summed E-state index contributed by atoms with van der Waals surface area (Å²) < 4.78 is 2.00. The normalized spacial score (nSPS) is 15.5. The number of hydrogen-bond acceptors (Lipinski definition) is 5. The number of rotatable bonds is 6. The maximum atomic E-state index is 12.6. The van der Waals surface area contributed by atoms with Crippen LogP contribution < -0.4 is 5.32 Å². The first kappa shape index (κ1) is 18.7. The van der Waals surface area contributed by atoms with E-state index in [1.165, 1.54) is 24.6 Å². The van der Waals surface area contributed by atoms with Gasteiger partial charge < -0.3 is 5.32 Å². The Balaban J connectivity index is 1.61. The van der Waals surface area contributed by atoms with Crippen LogP contribution in [0.25, 0.3) is 17.1 Å². The number of nitrogens with zero attached hydrogens (tertiary/aromatic N) is 4. The molecule has 1 unspecified atom stereocenters. The van der Waals surface area contributed by atoms with Gasteiger partial charge in [-0.05, 0) is 44.0 Å². The average molecular weight is 394 g/mol. The van der Waals surface area contributed by atoms with Crippen LogP contribution in [0, 0.1) is 0 Å². The van der Waals surface area contributed by atoms with Gasteiger partial charge >= 0.3 is 0 Å². The maximum Gasteiger partial charge on any atom is 0.233 e. The van der Waals surface area contributed by atoms with Gasteiger partial charge in [-0.15, -0.1) is 10.2 Å². The summed E-state index contributed by atoms with van der Waals surface area (Å²) in [7, 11) is 0. The molecular formula is C21H23N5OS. The van der Waals surface area contributed by atoms with Crippen molar-refractivity contribution in [3.05, 3.63) is 54.9 Å². The van der Waals surface area contributed by atoms with E-state index in [0.717, 1.165) is 29.9 Å².